The molecule has 10 heteroatoms. The van der Waals surface area contributed by atoms with Crippen LogP contribution in [0.15, 0.2) is 73.4 Å². The van der Waals surface area contributed by atoms with Gasteiger partial charge in [-0.15, -0.1) is 0 Å². The molecule has 0 fully saturated rings. The quantitative estimate of drug-likeness (QED) is 0.328. The van der Waals surface area contributed by atoms with E-state index in [2.05, 4.69) is 38.0 Å². The Hall–Kier alpha value is -4.08. The summed E-state index contributed by atoms with van der Waals surface area (Å²) in [7, 11) is 0. The molecule has 0 atom stereocenters. The highest BCUT2D eigenvalue weighted by Gasteiger charge is 2.35. The second-order valence-electron chi connectivity index (χ2n) is 5.97. The lowest BCUT2D eigenvalue weighted by molar-refractivity contribution is -0.137. The predicted octanol–water partition coefficient (Wildman–Crippen LogP) is 4.80. The molecular weight excluding hydrogens is 397 g/mol. The van der Waals surface area contributed by atoms with Crippen LogP contribution in [0.2, 0.25) is 0 Å². The molecule has 4 N–H and O–H groups in total. The van der Waals surface area contributed by atoms with Gasteiger partial charge in [0.25, 0.3) is 0 Å². The molecule has 0 radical (unpaired) electrons. The summed E-state index contributed by atoms with van der Waals surface area (Å²) in [6.45, 7) is 3.35. The van der Waals surface area contributed by atoms with Gasteiger partial charge in [0.1, 0.15) is 11.4 Å². The first-order valence-electron chi connectivity index (χ1n) is 8.67. The zero-order chi connectivity index (χ0) is 21.6. The van der Waals surface area contributed by atoms with E-state index in [1.165, 1.54) is 6.07 Å². The number of para-hydroxylation sites is 1. The fourth-order valence-corrected chi connectivity index (χ4v) is 2.40. The van der Waals surface area contributed by atoms with Crippen LogP contribution in [0.5, 0.6) is 0 Å². The van der Waals surface area contributed by atoms with Crippen LogP contribution in [-0.4, -0.2) is 15.9 Å². The summed E-state index contributed by atoms with van der Waals surface area (Å²) in [6, 6.07) is 15.1. The fraction of sp³-hybridized carbons (Fsp3) is 0.0500. The Kier molecular flexibility index (Phi) is 6.16. The highest BCUT2D eigenvalue weighted by molar-refractivity contribution is 5.99. The minimum atomic E-state index is -4.66. The van der Waals surface area contributed by atoms with Crippen molar-refractivity contribution in [3.63, 3.8) is 0 Å². The third kappa shape index (κ3) is 5.47. The number of hydrogen-bond donors (Lipinski definition) is 4. The van der Waals surface area contributed by atoms with E-state index in [0.717, 1.165) is 6.08 Å². The smallest absolute Gasteiger partial charge is 0.339 e. The van der Waals surface area contributed by atoms with Crippen LogP contribution in [0.4, 0.5) is 42.0 Å². The minimum absolute atomic E-state index is 0.0644. The summed E-state index contributed by atoms with van der Waals surface area (Å²) < 4.78 is 40.2. The van der Waals surface area contributed by atoms with Gasteiger partial charge in [-0.3, -0.25) is 15.6 Å². The second kappa shape index (κ2) is 8.95. The Morgan fingerprint density at radius 2 is 1.67 bits per heavy atom. The van der Waals surface area contributed by atoms with E-state index >= 15 is 0 Å². The number of nitrogens with one attached hydrogen (secondary N) is 4. The number of amides is 1. The van der Waals surface area contributed by atoms with Crippen molar-refractivity contribution in [2.75, 3.05) is 21.5 Å². The van der Waals surface area contributed by atoms with Gasteiger partial charge in [0.15, 0.2) is 0 Å². The Morgan fingerprint density at radius 1 is 0.967 bits per heavy atom. The number of hydrogen-bond acceptors (Lipinski definition) is 6. The number of aromatic nitrogens is 2. The molecule has 154 valence electrons. The molecule has 0 unspecified atom stereocenters. The van der Waals surface area contributed by atoms with Gasteiger partial charge in [-0.25, -0.2) is 4.98 Å². The van der Waals surface area contributed by atoms with Gasteiger partial charge >= 0.3 is 6.18 Å². The lowest BCUT2D eigenvalue weighted by Crippen LogP contribution is -2.16. The van der Waals surface area contributed by atoms with E-state index in [9.17, 15) is 18.0 Å². The third-order valence-corrected chi connectivity index (χ3v) is 3.76. The fourth-order valence-electron chi connectivity index (χ4n) is 2.40. The second-order valence-corrected chi connectivity index (χ2v) is 5.97. The number of halogens is 3. The van der Waals surface area contributed by atoms with Crippen LogP contribution < -0.4 is 21.5 Å². The summed E-state index contributed by atoms with van der Waals surface area (Å²) in [5, 5.41) is 5.17. The molecule has 1 amide bonds. The zero-order valence-electron chi connectivity index (χ0n) is 15.5. The highest BCUT2D eigenvalue weighted by atomic mass is 19.4. The zero-order valence-corrected chi connectivity index (χ0v) is 15.5. The molecule has 0 aliphatic rings. The first-order chi connectivity index (χ1) is 14.3. The third-order valence-electron chi connectivity index (χ3n) is 3.76. The van der Waals surface area contributed by atoms with E-state index < -0.39 is 23.5 Å². The number of carbonyl (C=O) groups excluding carboxylic acids is 1. The van der Waals surface area contributed by atoms with Crippen molar-refractivity contribution in [2.24, 2.45) is 0 Å². The van der Waals surface area contributed by atoms with Gasteiger partial charge in [-0.05, 0) is 36.4 Å². The van der Waals surface area contributed by atoms with Crippen molar-refractivity contribution in [1.82, 2.24) is 9.97 Å². The molecule has 30 heavy (non-hydrogen) atoms. The number of hydrazine groups is 1. The first-order valence-corrected chi connectivity index (χ1v) is 8.67. The van der Waals surface area contributed by atoms with Crippen molar-refractivity contribution >= 4 is 34.7 Å². The molecule has 0 aliphatic heterocycles. The van der Waals surface area contributed by atoms with E-state index in [0.29, 0.717) is 23.3 Å². The maximum Gasteiger partial charge on any atom is 0.421 e. The molecule has 0 saturated heterocycles. The van der Waals surface area contributed by atoms with Gasteiger partial charge in [0.2, 0.25) is 11.9 Å². The predicted molar refractivity (Wildman–Crippen MR) is 109 cm³/mol. The molecular formula is C20H17F3N6O. The largest absolute Gasteiger partial charge is 0.421 e. The monoisotopic (exact) mass is 414 g/mol. The number of nitrogens with zero attached hydrogens (tertiary/aromatic N) is 2. The van der Waals surface area contributed by atoms with Crippen molar-refractivity contribution in [3.8, 4) is 0 Å². The molecule has 2 aromatic carbocycles. The molecule has 0 saturated carbocycles. The summed E-state index contributed by atoms with van der Waals surface area (Å²) in [5.74, 6) is -0.948. The Morgan fingerprint density at radius 3 is 2.37 bits per heavy atom. The van der Waals surface area contributed by atoms with Crippen LogP contribution >= 0.6 is 0 Å². The lowest BCUT2D eigenvalue weighted by atomic mass is 10.2. The Balaban J connectivity index is 1.85. The van der Waals surface area contributed by atoms with Crippen LogP contribution in [0.1, 0.15) is 5.56 Å². The van der Waals surface area contributed by atoms with Gasteiger partial charge in [0, 0.05) is 17.6 Å². The molecule has 0 aliphatic carbocycles. The van der Waals surface area contributed by atoms with Crippen molar-refractivity contribution in [1.29, 1.82) is 0 Å². The first kappa shape index (κ1) is 20.6. The average molecular weight is 414 g/mol. The molecule has 0 spiro atoms. The van der Waals surface area contributed by atoms with E-state index in [1.54, 1.807) is 42.5 Å². The van der Waals surface area contributed by atoms with Crippen molar-refractivity contribution in [2.45, 2.75) is 6.18 Å². The molecule has 1 aromatic heterocycles. The van der Waals surface area contributed by atoms with E-state index in [-0.39, 0.29) is 5.95 Å². The maximum atomic E-state index is 13.4. The van der Waals surface area contributed by atoms with Crippen molar-refractivity contribution in [3.05, 3.63) is 79.0 Å². The standard InChI is InChI=1S/C20H17F3N6O/c1-2-17(30)25-14-9-6-10-15(11-14)26-18-16(20(21,22)23)12-24-19(27-18)29-28-13-7-4-3-5-8-13/h2-12,28H,1H2,(H,25,30)(H2,24,26,27,29). The number of benzene rings is 2. The average Bonchev–Trinajstić information content (AvgIpc) is 2.72. The van der Waals surface area contributed by atoms with Gasteiger partial charge in [0.05, 0.1) is 5.69 Å². The highest BCUT2D eigenvalue weighted by Crippen LogP contribution is 2.35. The summed E-state index contributed by atoms with van der Waals surface area (Å²) in [6.07, 6.45) is -2.89. The molecule has 3 aromatic rings. The topological polar surface area (TPSA) is 91.0 Å². The molecule has 7 nitrogen and oxygen atoms in total. The summed E-state index contributed by atoms with van der Waals surface area (Å²) in [5.41, 5.74) is 5.80. The number of anilines is 5. The van der Waals surface area contributed by atoms with Crippen molar-refractivity contribution < 1.29 is 18.0 Å². The van der Waals surface area contributed by atoms with Crippen LogP contribution in [0, 0.1) is 0 Å². The Labute approximate surface area is 170 Å². The maximum absolute atomic E-state index is 13.4. The number of alkyl halides is 3. The number of rotatable bonds is 7. The number of carbonyl (C=O) groups is 1. The summed E-state index contributed by atoms with van der Waals surface area (Å²) in [4.78, 5) is 19.1. The molecule has 3 rings (SSSR count). The minimum Gasteiger partial charge on any atom is -0.339 e. The van der Waals surface area contributed by atoms with Crippen LogP contribution in [0.3, 0.4) is 0 Å². The molecule has 1 heterocycles. The van der Waals surface area contributed by atoms with Crippen LogP contribution in [-0.2, 0) is 11.0 Å². The van der Waals surface area contributed by atoms with Gasteiger partial charge in [-0.2, -0.15) is 18.2 Å². The van der Waals surface area contributed by atoms with Gasteiger partial charge in [-0.1, -0.05) is 30.8 Å². The molecule has 0 bridgehead atoms. The normalized spacial score (nSPS) is 10.8. The summed E-state index contributed by atoms with van der Waals surface area (Å²) >= 11 is 0. The van der Waals surface area contributed by atoms with Gasteiger partial charge < -0.3 is 10.6 Å². The lowest BCUT2D eigenvalue weighted by Gasteiger charge is -2.16. The van der Waals surface area contributed by atoms with Crippen LogP contribution in [0.25, 0.3) is 0 Å². The van der Waals surface area contributed by atoms with E-state index in [1.807, 2.05) is 6.07 Å². The Bertz CT molecular complexity index is 1040. The SMILES string of the molecule is C=CC(=O)Nc1cccc(Nc2nc(NNc3ccccc3)ncc2C(F)(F)F)c1. The van der Waals surface area contributed by atoms with E-state index in [4.69, 9.17) is 0 Å².